The summed E-state index contributed by atoms with van der Waals surface area (Å²) in [5.41, 5.74) is 2.02. The number of ketones is 1. The lowest BCUT2D eigenvalue weighted by Crippen LogP contribution is -2.21. The van der Waals surface area contributed by atoms with Crippen LogP contribution in [0.15, 0.2) is 18.2 Å². The third-order valence-electron chi connectivity index (χ3n) is 7.05. The molecule has 0 unspecified atom stereocenters. The number of rotatable bonds is 10. The lowest BCUT2D eigenvalue weighted by Gasteiger charge is -2.27. The van der Waals surface area contributed by atoms with Gasteiger partial charge in [0.2, 0.25) is 0 Å². The number of aromatic nitrogens is 3. The van der Waals surface area contributed by atoms with Crippen LogP contribution in [0.1, 0.15) is 80.2 Å². The molecule has 4 rings (SSSR count). The van der Waals surface area contributed by atoms with Gasteiger partial charge in [0, 0.05) is 43.9 Å². The zero-order valence-corrected chi connectivity index (χ0v) is 19.5. The van der Waals surface area contributed by atoms with E-state index in [1.165, 1.54) is 44.9 Å². The number of halogens is 1. The van der Waals surface area contributed by atoms with E-state index in [0.717, 1.165) is 40.1 Å². The van der Waals surface area contributed by atoms with Crippen LogP contribution in [0.5, 0.6) is 0 Å². The number of ether oxygens (including phenoxy) is 1. The number of benzene rings is 1. The molecule has 5 nitrogen and oxygen atoms in total. The van der Waals surface area contributed by atoms with Crippen molar-refractivity contribution in [2.75, 3.05) is 7.11 Å². The molecule has 1 aromatic carbocycles. The van der Waals surface area contributed by atoms with Gasteiger partial charge in [-0.25, -0.2) is 0 Å². The Kier molecular flexibility index (Phi) is 7.44. The van der Waals surface area contributed by atoms with Gasteiger partial charge < -0.3 is 9.30 Å². The van der Waals surface area contributed by atoms with E-state index >= 15 is 0 Å². The number of Topliss-reactive ketones (excluding diaryl/α,β-unsaturated/α-hetero) is 1. The molecule has 2 aliphatic rings. The van der Waals surface area contributed by atoms with E-state index in [-0.39, 0.29) is 5.78 Å². The van der Waals surface area contributed by atoms with Crippen molar-refractivity contribution >= 4 is 17.4 Å². The molecule has 0 aliphatic heterocycles. The molecule has 0 atom stereocenters. The number of carbonyl (C=O) groups excluding carboxylic acids is 1. The van der Waals surface area contributed by atoms with Crippen molar-refractivity contribution in [3.8, 4) is 0 Å². The van der Waals surface area contributed by atoms with Gasteiger partial charge in [0.25, 0.3) is 0 Å². The van der Waals surface area contributed by atoms with Crippen molar-refractivity contribution in [2.45, 2.75) is 89.7 Å². The van der Waals surface area contributed by atoms with Crippen molar-refractivity contribution in [1.82, 2.24) is 14.8 Å². The maximum absolute atomic E-state index is 12.6. The Bertz CT molecular complexity index is 898. The van der Waals surface area contributed by atoms with Gasteiger partial charge in [-0.2, -0.15) is 0 Å². The first-order chi connectivity index (χ1) is 15.0. The molecule has 2 aliphatic carbocycles. The third kappa shape index (κ3) is 5.75. The largest absolute Gasteiger partial charge is 0.381 e. The zero-order valence-electron chi connectivity index (χ0n) is 18.8. The third-order valence-corrected chi connectivity index (χ3v) is 7.46. The predicted molar refractivity (Wildman–Crippen MR) is 123 cm³/mol. The van der Waals surface area contributed by atoms with Gasteiger partial charge >= 0.3 is 0 Å². The second kappa shape index (κ2) is 10.3. The monoisotopic (exact) mass is 443 g/mol. The molecular weight excluding hydrogens is 410 g/mol. The topological polar surface area (TPSA) is 57.0 Å². The molecule has 0 amide bonds. The minimum Gasteiger partial charge on any atom is -0.381 e. The summed E-state index contributed by atoms with van der Waals surface area (Å²) in [6.07, 6.45) is 11.5. The lowest BCUT2D eigenvalue weighted by molar-refractivity contribution is -0.118. The molecule has 0 bridgehead atoms. The number of aryl methyl sites for hydroxylation is 2. The van der Waals surface area contributed by atoms with Crippen LogP contribution in [0.4, 0.5) is 0 Å². The van der Waals surface area contributed by atoms with Gasteiger partial charge in [0.05, 0.1) is 6.10 Å². The molecule has 1 heterocycles. The van der Waals surface area contributed by atoms with E-state index < -0.39 is 0 Å². The average molecular weight is 444 g/mol. The van der Waals surface area contributed by atoms with Gasteiger partial charge in [-0.05, 0) is 75.0 Å². The van der Waals surface area contributed by atoms with Gasteiger partial charge in [-0.1, -0.05) is 23.7 Å². The van der Waals surface area contributed by atoms with Crippen molar-refractivity contribution in [3.05, 3.63) is 46.0 Å². The van der Waals surface area contributed by atoms with Gasteiger partial charge in [0.1, 0.15) is 17.4 Å². The normalized spacial score (nSPS) is 21.4. The second-order valence-corrected chi connectivity index (χ2v) is 9.70. The Balaban J connectivity index is 1.32. The Morgan fingerprint density at radius 1 is 1.10 bits per heavy atom. The van der Waals surface area contributed by atoms with Crippen LogP contribution in [-0.2, 0) is 28.8 Å². The maximum Gasteiger partial charge on any atom is 0.137 e. The van der Waals surface area contributed by atoms with Crippen LogP contribution in [0.25, 0.3) is 0 Å². The van der Waals surface area contributed by atoms with Crippen molar-refractivity contribution in [3.63, 3.8) is 0 Å². The quantitative estimate of drug-likeness (QED) is 0.489. The van der Waals surface area contributed by atoms with E-state index in [1.54, 1.807) is 0 Å². The average Bonchev–Trinajstić information content (AvgIpc) is 3.54. The van der Waals surface area contributed by atoms with Crippen LogP contribution in [0.2, 0.25) is 5.02 Å². The zero-order chi connectivity index (χ0) is 21.8. The summed E-state index contributed by atoms with van der Waals surface area (Å²) in [5.74, 6) is 3.09. The minimum atomic E-state index is 0.229. The van der Waals surface area contributed by atoms with Crippen molar-refractivity contribution in [1.29, 1.82) is 0 Å². The molecule has 0 N–H and O–H groups in total. The number of hydrogen-bond donors (Lipinski definition) is 0. The molecule has 0 saturated heterocycles. The second-order valence-electron chi connectivity index (χ2n) is 9.29. The summed E-state index contributed by atoms with van der Waals surface area (Å²) >= 11 is 6.20. The van der Waals surface area contributed by atoms with Crippen LogP contribution in [-0.4, -0.2) is 33.8 Å². The fourth-order valence-corrected chi connectivity index (χ4v) is 5.04. The van der Waals surface area contributed by atoms with Crippen LogP contribution < -0.4 is 0 Å². The molecule has 6 heteroatoms. The maximum atomic E-state index is 12.6. The smallest absolute Gasteiger partial charge is 0.137 e. The van der Waals surface area contributed by atoms with E-state index in [4.69, 9.17) is 16.3 Å². The molecule has 2 aromatic rings. The predicted octanol–water partition coefficient (Wildman–Crippen LogP) is 5.46. The first-order valence-electron chi connectivity index (χ1n) is 11.8. The fourth-order valence-electron chi connectivity index (χ4n) is 4.84. The molecule has 168 valence electrons. The summed E-state index contributed by atoms with van der Waals surface area (Å²) in [4.78, 5) is 12.6. The van der Waals surface area contributed by atoms with Crippen LogP contribution >= 0.6 is 11.6 Å². The Morgan fingerprint density at radius 2 is 1.81 bits per heavy atom. The molecule has 2 saturated carbocycles. The molecule has 0 spiro atoms. The Hall–Kier alpha value is -1.72. The van der Waals surface area contributed by atoms with Crippen LogP contribution in [0, 0.1) is 12.8 Å². The number of carbonyl (C=O) groups is 1. The van der Waals surface area contributed by atoms with E-state index in [1.807, 2.05) is 32.2 Å². The van der Waals surface area contributed by atoms with Gasteiger partial charge in [0.15, 0.2) is 0 Å². The highest BCUT2D eigenvalue weighted by Gasteiger charge is 2.30. The highest BCUT2D eigenvalue weighted by molar-refractivity contribution is 6.31. The highest BCUT2D eigenvalue weighted by Crippen LogP contribution is 2.38. The highest BCUT2D eigenvalue weighted by atomic mass is 35.5. The van der Waals surface area contributed by atoms with Crippen molar-refractivity contribution < 1.29 is 9.53 Å². The Labute approximate surface area is 190 Å². The summed E-state index contributed by atoms with van der Waals surface area (Å²) < 4.78 is 7.85. The molecule has 31 heavy (non-hydrogen) atoms. The molecular formula is C25H34ClN3O2. The number of hydrogen-bond acceptors (Lipinski definition) is 4. The molecule has 0 radical (unpaired) electrons. The lowest BCUT2D eigenvalue weighted by atomic mass is 9.84. The summed E-state index contributed by atoms with van der Waals surface area (Å²) in [7, 11) is 1.82. The SMILES string of the molecule is COC1CCC(CCc2nnc(CCC(=O)Cc3cccc(Cl)c3C)n2C2CC2)CC1. The molecule has 2 fully saturated rings. The van der Waals surface area contributed by atoms with E-state index in [0.29, 0.717) is 31.4 Å². The standard InChI is InChI=1S/C25H34ClN3O2/c1-17-19(4-3-5-23(17)26)16-21(30)11-15-25-28-27-24(29(25)20-9-10-20)14-8-18-6-12-22(31-2)13-7-18/h3-5,18,20,22H,6-16H2,1-2H3. The first kappa shape index (κ1) is 22.5. The van der Waals surface area contributed by atoms with Gasteiger partial charge in [-0.3, -0.25) is 4.79 Å². The first-order valence-corrected chi connectivity index (χ1v) is 12.1. The van der Waals surface area contributed by atoms with Crippen LogP contribution in [0.3, 0.4) is 0 Å². The summed E-state index contributed by atoms with van der Waals surface area (Å²) in [5, 5.41) is 9.76. The summed E-state index contributed by atoms with van der Waals surface area (Å²) in [6, 6.07) is 6.31. The number of methoxy groups -OCH3 is 1. The fraction of sp³-hybridized carbons (Fsp3) is 0.640. The minimum absolute atomic E-state index is 0.229. The Morgan fingerprint density at radius 3 is 2.48 bits per heavy atom. The molecule has 1 aromatic heterocycles. The van der Waals surface area contributed by atoms with E-state index in [9.17, 15) is 4.79 Å². The summed E-state index contributed by atoms with van der Waals surface area (Å²) in [6.45, 7) is 1.97. The van der Waals surface area contributed by atoms with Gasteiger partial charge in [-0.15, -0.1) is 10.2 Å². The van der Waals surface area contributed by atoms with Crippen molar-refractivity contribution in [2.24, 2.45) is 5.92 Å². The van der Waals surface area contributed by atoms with E-state index in [2.05, 4.69) is 14.8 Å². The number of nitrogens with zero attached hydrogens (tertiary/aromatic N) is 3.